The highest BCUT2D eigenvalue weighted by atomic mass is 19.4. The average molecular weight is 589 g/mol. The largest absolute Gasteiger partial charge is 0.417 e. The molecule has 0 atom stereocenters. The second kappa shape index (κ2) is 11.6. The molecule has 1 amide bonds. The molecule has 0 saturated heterocycles. The summed E-state index contributed by atoms with van der Waals surface area (Å²) in [5.74, 6) is -4.56. The third-order valence-electron chi connectivity index (χ3n) is 6.69. The Kier molecular flexibility index (Phi) is 8.52. The highest BCUT2D eigenvalue weighted by Crippen LogP contribution is 2.39. The van der Waals surface area contributed by atoms with Gasteiger partial charge in [0.2, 0.25) is 11.7 Å². The van der Waals surface area contributed by atoms with Crippen molar-refractivity contribution in [2.75, 3.05) is 0 Å². The summed E-state index contributed by atoms with van der Waals surface area (Å²) in [5, 5.41) is 2.45. The van der Waals surface area contributed by atoms with Crippen LogP contribution in [-0.4, -0.2) is 22.0 Å². The van der Waals surface area contributed by atoms with E-state index in [1.54, 1.807) is 0 Å². The molecule has 4 rings (SSSR count). The van der Waals surface area contributed by atoms with Gasteiger partial charge in [-0.05, 0) is 43.0 Å². The van der Waals surface area contributed by atoms with E-state index in [4.69, 9.17) is 4.74 Å². The highest BCUT2D eigenvalue weighted by Gasteiger charge is 2.38. The fourth-order valence-electron chi connectivity index (χ4n) is 4.38. The average Bonchev–Trinajstić information content (AvgIpc) is 2.87. The van der Waals surface area contributed by atoms with E-state index in [1.165, 1.54) is 19.1 Å². The molecular formula is C27H23F8N3O3. The Morgan fingerprint density at radius 1 is 1.05 bits per heavy atom. The van der Waals surface area contributed by atoms with Crippen molar-refractivity contribution in [1.29, 1.82) is 0 Å². The zero-order valence-electron chi connectivity index (χ0n) is 21.4. The number of nitrogens with one attached hydrogen (secondary N) is 2. The van der Waals surface area contributed by atoms with E-state index in [0.717, 1.165) is 18.2 Å². The summed E-state index contributed by atoms with van der Waals surface area (Å²) in [5.41, 5.74) is -5.15. The predicted molar refractivity (Wildman–Crippen MR) is 129 cm³/mol. The maximum absolute atomic E-state index is 15.4. The van der Waals surface area contributed by atoms with Crippen molar-refractivity contribution in [3.8, 4) is 11.4 Å². The molecule has 1 aliphatic carbocycles. The number of aromatic amines is 1. The number of aromatic nitrogens is 2. The van der Waals surface area contributed by atoms with Gasteiger partial charge in [0.05, 0.1) is 35.1 Å². The van der Waals surface area contributed by atoms with E-state index in [2.05, 4.69) is 10.3 Å². The highest BCUT2D eigenvalue weighted by molar-refractivity contribution is 5.79. The number of halogens is 8. The number of rotatable bonds is 8. The summed E-state index contributed by atoms with van der Waals surface area (Å²) in [4.78, 5) is 30.0. The van der Waals surface area contributed by atoms with Gasteiger partial charge in [0.25, 0.3) is 5.56 Å². The first-order chi connectivity index (χ1) is 19.2. The number of amides is 1. The van der Waals surface area contributed by atoms with E-state index in [-0.39, 0.29) is 31.4 Å². The van der Waals surface area contributed by atoms with Crippen molar-refractivity contribution in [2.24, 2.45) is 5.92 Å². The van der Waals surface area contributed by atoms with E-state index in [1.807, 2.05) is 4.98 Å². The molecule has 1 fully saturated rings. The second-order valence-electron chi connectivity index (χ2n) is 9.51. The van der Waals surface area contributed by atoms with Crippen molar-refractivity contribution in [2.45, 2.75) is 57.8 Å². The number of ether oxygens (including phenoxy) is 1. The van der Waals surface area contributed by atoms with Gasteiger partial charge >= 0.3 is 12.4 Å². The Bertz CT molecular complexity index is 1490. The molecule has 2 aromatic carbocycles. The van der Waals surface area contributed by atoms with Gasteiger partial charge in [0, 0.05) is 18.0 Å². The monoisotopic (exact) mass is 589 g/mol. The van der Waals surface area contributed by atoms with E-state index in [0.29, 0.717) is 11.6 Å². The summed E-state index contributed by atoms with van der Waals surface area (Å²) >= 11 is 0. The summed E-state index contributed by atoms with van der Waals surface area (Å²) < 4.78 is 114. The molecule has 1 heterocycles. The normalized spacial score (nSPS) is 17.3. The minimum atomic E-state index is -5.04. The lowest BCUT2D eigenvalue weighted by molar-refractivity contribution is -0.138. The SMILES string of the molecule is CCc1nc(-c2c(C(F)(F)F)ccc(CNC(=O)C3CC(OCc4cccc(C(F)(F)F)c4)C3)c2F)[nH]c(=O)c1F. The molecule has 0 unspecified atom stereocenters. The first-order valence-corrected chi connectivity index (χ1v) is 12.4. The number of aryl methyl sites for hydroxylation is 1. The number of benzene rings is 2. The maximum Gasteiger partial charge on any atom is 0.417 e. The van der Waals surface area contributed by atoms with Gasteiger partial charge in [-0.15, -0.1) is 0 Å². The number of carbonyl (C=O) groups excluding carboxylic acids is 1. The van der Waals surface area contributed by atoms with Gasteiger partial charge in [-0.3, -0.25) is 9.59 Å². The molecule has 3 aromatic rings. The van der Waals surface area contributed by atoms with Crippen LogP contribution in [0.1, 0.15) is 47.7 Å². The molecule has 0 bridgehead atoms. The molecule has 0 radical (unpaired) electrons. The van der Waals surface area contributed by atoms with Crippen LogP contribution in [0.25, 0.3) is 11.4 Å². The van der Waals surface area contributed by atoms with Gasteiger partial charge in [-0.2, -0.15) is 30.7 Å². The predicted octanol–water partition coefficient (Wildman–Crippen LogP) is 5.93. The van der Waals surface area contributed by atoms with Gasteiger partial charge in [0.1, 0.15) is 11.6 Å². The van der Waals surface area contributed by atoms with Crippen molar-refractivity contribution in [3.63, 3.8) is 0 Å². The van der Waals surface area contributed by atoms with Crippen molar-refractivity contribution < 1.29 is 44.7 Å². The minimum absolute atomic E-state index is 0.0955. The fraction of sp³-hybridized carbons (Fsp3) is 0.370. The number of nitrogens with zero attached hydrogens (tertiary/aromatic N) is 1. The lowest BCUT2D eigenvalue weighted by Crippen LogP contribution is -2.42. The summed E-state index contributed by atoms with van der Waals surface area (Å²) in [7, 11) is 0. The van der Waals surface area contributed by atoms with Crippen LogP contribution in [0.4, 0.5) is 35.1 Å². The molecule has 0 spiro atoms. The summed E-state index contributed by atoms with van der Waals surface area (Å²) in [6.45, 7) is 0.832. The van der Waals surface area contributed by atoms with Crippen molar-refractivity contribution >= 4 is 5.91 Å². The first-order valence-electron chi connectivity index (χ1n) is 12.4. The van der Waals surface area contributed by atoms with E-state index >= 15 is 4.39 Å². The van der Waals surface area contributed by atoms with Crippen LogP contribution in [0.2, 0.25) is 0 Å². The van der Waals surface area contributed by atoms with E-state index < -0.39 is 82.2 Å². The standard InChI is InChI=1S/C27H23F8N3O3/c1-2-19-22(29)25(40)38-23(37-19)20-18(27(33,34)35)7-6-14(21(20)28)11-36-24(39)15-9-17(10-15)41-12-13-4-3-5-16(8-13)26(30,31)32/h3-8,15,17H,2,9-12H2,1H3,(H,36,39)(H,37,38,40). The van der Waals surface area contributed by atoms with Gasteiger partial charge in [0.15, 0.2) is 0 Å². The maximum atomic E-state index is 15.4. The van der Waals surface area contributed by atoms with E-state index in [9.17, 15) is 40.3 Å². The van der Waals surface area contributed by atoms with Crippen molar-refractivity contribution in [1.82, 2.24) is 15.3 Å². The van der Waals surface area contributed by atoms with Crippen LogP contribution in [0.5, 0.6) is 0 Å². The Morgan fingerprint density at radius 3 is 2.39 bits per heavy atom. The van der Waals surface area contributed by atoms with Gasteiger partial charge in [-0.25, -0.2) is 9.37 Å². The lowest BCUT2D eigenvalue weighted by atomic mass is 9.81. The third-order valence-corrected chi connectivity index (χ3v) is 6.69. The number of hydrogen-bond acceptors (Lipinski definition) is 4. The molecule has 1 aromatic heterocycles. The lowest BCUT2D eigenvalue weighted by Gasteiger charge is -2.34. The first kappa shape index (κ1) is 30.2. The quantitative estimate of drug-likeness (QED) is 0.320. The minimum Gasteiger partial charge on any atom is -0.373 e. The molecule has 2 N–H and O–H groups in total. The number of hydrogen-bond donors (Lipinski definition) is 2. The van der Waals surface area contributed by atoms with Crippen LogP contribution in [0.15, 0.2) is 41.2 Å². The van der Waals surface area contributed by atoms with Gasteiger partial charge < -0.3 is 15.0 Å². The van der Waals surface area contributed by atoms with Crippen LogP contribution < -0.4 is 10.9 Å². The number of carbonyl (C=O) groups is 1. The Balaban J connectivity index is 1.41. The topological polar surface area (TPSA) is 84.1 Å². The molecule has 220 valence electrons. The third kappa shape index (κ3) is 6.75. The summed E-state index contributed by atoms with van der Waals surface area (Å²) in [6.07, 6.45) is -9.57. The van der Waals surface area contributed by atoms with Crippen molar-refractivity contribution in [3.05, 3.63) is 86.3 Å². The molecule has 41 heavy (non-hydrogen) atoms. The Hall–Kier alpha value is -3.81. The fourth-order valence-corrected chi connectivity index (χ4v) is 4.38. The second-order valence-corrected chi connectivity index (χ2v) is 9.51. The Labute approximate surface area is 227 Å². The Morgan fingerprint density at radius 2 is 1.76 bits per heavy atom. The molecular weight excluding hydrogens is 566 g/mol. The molecule has 1 saturated carbocycles. The summed E-state index contributed by atoms with van der Waals surface area (Å²) in [6, 6.07) is 6.06. The van der Waals surface area contributed by atoms with Crippen LogP contribution >= 0.6 is 0 Å². The molecule has 1 aliphatic rings. The zero-order valence-corrected chi connectivity index (χ0v) is 21.4. The molecule has 14 heteroatoms. The van der Waals surface area contributed by atoms with Gasteiger partial charge in [-0.1, -0.05) is 25.1 Å². The smallest absolute Gasteiger partial charge is 0.373 e. The van der Waals surface area contributed by atoms with Crippen LogP contribution in [-0.2, 0) is 41.5 Å². The van der Waals surface area contributed by atoms with Crippen LogP contribution in [0.3, 0.4) is 0 Å². The number of H-pyrrole nitrogens is 1. The molecule has 0 aliphatic heterocycles. The van der Waals surface area contributed by atoms with Crippen LogP contribution in [0, 0.1) is 17.6 Å². The molecule has 6 nitrogen and oxygen atoms in total. The zero-order chi connectivity index (χ0) is 30.1. The number of alkyl halides is 6.